The maximum atomic E-state index is 10.8. The van der Waals surface area contributed by atoms with Crippen molar-refractivity contribution in [2.75, 3.05) is 0 Å². The molecule has 0 heterocycles. The van der Waals surface area contributed by atoms with E-state index in [4.69, 9.17) is 5.73 Å². The number of halogens is 2. The van der Waals surface area contributed by atoms with E-state index in [-0.39, 0.29) is 56.4 Å². The molecule has 0 atom stereocenters. The summed E-state index contributed by atoms with van der Waals surface area (Å²) in [7, 11) is 0.777. The molecule has 42 heavy (non-hydrogen) atoms. The monoisotopic (exact) mass is 683 g/mol. The fraction of sp³-hybridized carbons (Fsp3) is 0.111. The van der Waals surface area contributed by atoms with Gasteiger partial charge in [-0.05, 0) is 22.6 Å². The van der Waals surface area contributed by atoms with Crippen molar-refractivity contribution in [3.05, 3.63) is 156 Å². The number of amides is 1. The fourth-order valence-electron chi connectivity index (χ4n) is 4.24. The first-order valence-electron chi connectivity index (χ1n) is 13.1. The molecule has 6 aromatic carbocycles. The van der Waals surface area contributed by atoms with E-state index in [1.165, 1.54) is 31.9 Å². The molecule has 0 bridgehead atoms. The van der Waals surface area contributed by atoms with Crippen LogP contribution in [0.25, 0.3) is 27.3 Å². The van der Waals surface area contributed by atoms with Crippen molar-refractivity contribution in [2.45, 2.75) is 26.2 Å². The Morgan fingerprint density at radius 1 is 0.619 bits per heavy atom. The van der Waals surface area contributed by atoms with Crippen LogP contribution in [0.2, 0.25) is 0 Å². The number of fused-ring (bicyclic) bond motifs is 3. The summed E-state index contributed by atoms with van der Waals surface area (Å²) in [5, 5.41) is 8.19. The molecule has 2 nitrogen and oxygen atoms in total. The maximum absolute atomic E-state index is 10.8. The van der Waals surface area contributed by atoms with Crippen LogP contribution in [-0.2, 0) is 31.6 Å². The standard InChI is InChI=1S/C13H9.C12H10Si.C11H15NO.2ClH.Zr/c1-3-7-12-10(5-1)9-11-6-2-4-8-13(11)12;1-3-7-11(8-4-1)13-12-9-5-2-6-10-12;1-11(2,3)9-6-4-5-8(7-9)10(12)13;;;/h1-9H;1-10H;4-7H,1-3H3,(H2,12,13);2*1H;/q-1;;;;;+4/p-3. The molecule has 0 aliphatic carbocycles. The Balaban J connectivity index is 0.000000304. The molecule has 6 aromatic rings. The Bertz CT molecular complexity index is 1560. The Kier molecular flexibility index (Phi) is 15.9. The van der Waals surface area contributed by atoms with E-state index in [0.717, 1.165) is 15.1 Å². The SMILES string of the molecule is CC(C)(C)c1cccc(C([NH-])=O)c1.[Cl-].[Cl-].[Zr+4].c1ccc([Si]c2ccccc2)cc1.c1ccc2c(c1)[cH-]c1ccccc12. The average molecular weight is 686 g/mol. The van der Waals surface area contributed by atoms with Gasteiger partial charge < -0.3 is 35.3 Å². The zero-order valence-corrected chi connectivity index (χ0v) is 28.9. The molecule has 6 rings (SSSR count). The van der Waals surface area contributed by atoms with Crippen LogP contribution >= 0.6 is 0 Å². The van der Waals surface area contributed by atoms with Gasteiger partial charge in [-0.25, -0.2) is 0 Å². The van der Waals surface area contributed by atoms with Crippen molar-refractivity contribution < 1.29 is 55.8 Å². The Morgan fingerprint density at radius 2 is 1.05 bits per heavy atom. The number of carbonyl (C=O) groups excluding carboxylic acids is 1. The van der Waals surface area contributed by atoms with Crippen LogP contribution in [0.4, 0.5) is 0 Å². The van der Waals surface area contributed by atoms with E-state index in [1.54, 1.807) is 12.1 Å². The molecule has 2 radical (unpaired) electrons. The van der Waals surface area contributed by atoms with Crippen molar-refractivity contribution in [2.24, 2.45) is 0 Å². The minimum Gasteiger partial charge on any atom is -1.00 e. The summed E-state index contributed by atoms with van der Waals surface area (Å²) in [6.07, 6.45) is 0. The number of nitrogens with one attached hydrogen (secondary N) is 1. The van der Waals surface area contributed by atoms with Gasteiger partial charge in [-0.2, -0.15) is 0 Å². The molecular weight excluding hydrogens is 653 g/mol. The zero-order chi connectivity index (χ0) is 27.7. The minimum absolute atomic E-state index is 0. The van der Waals surface area contributed by atoms with Gasteiger partial charge in [0.25, 0.3) is 0 Å². The van der Waals surface area contributed by atoms with Crippen LogP contribution in [0.5, 0.6) is 0 Å². The molecular formula is C36H33Cl2NOSiZr. The molecule has 0 aromatic heterocycles. The third-order valence-electron chi connectivity index (χ3n) is 6.35. The molecule has 0 saturated carbocycles. The van der Waals surface area contributed by atoms with E-state index in [0.29, 0.717) is 5.56 Å². The van der Waals surface area contributed by atoms with Gasteiger partial charge in [-0.3, -0.25) is 0 Å². The van der Waals surface area contributed by atoms with E-state index < -0.39 is 5.91 Å². The topological polar surface area (TPSA) is 40.9 Å². The summed E-state index contributed by atoms with van der Waals surface area (Å²) >= 11 is 0. The summed E-state index contributed by atoms with van der Waals surface area (Å²) in [6.45, 7) is 6.25. The average Bonchev–Trinajstić information content (AvgIpc) is 3.33. The first kappa shape index (κ1) is 37.1. The Morgan fingerprint density at radius 3 is 1.48 bits per heavy atom. The number of benzene rings is 5. The number of carbonyl (C=O) groups is 1. The zero-order valence-electron chi connectivity index (χ0n) is 23.9. The van der Waals surface area contributed by atoms with Gasteiger partial charge in [0.2, 0.25) is 0 Å². The van der Waals surface area contributed by atoms with Gasteiger partial charge in [0.05, 0.1) is 5.91 Å². The summed E-state index contributed by atoms with van der Waals surface area (Å²) in [4.78, 5) is 10.8. The third-order valence-corrected chi connectivity index (χ3v) is 7.59. The number of hydrogen-bond donors (Lipinski definition) is 0. The molecule has 0 saturated heterocycles. The molecule has 0 fully saturated rings. The van der Waals surface area contributed by atoms with Crippen LogP contribution in [0, 0.1) is 0 Å². The molecule has 1 N–H and O–H groups in total. The van der Waals surface area contributed by atoms with Crippen LogP contribution in [0.1, 0.15) is 36.7 Å². The molecule has 1 amide bonds. The van der Waals surface area contributed by atoms with Gasteiger partial charge >= 0.3 is 26.2 Å². The maximum Gasteiger partial charge on any atom is 4.00 e. The van der Waals surface area contributed by atoms with E-state index in [9.17, 15) is 4.79 Å². The second-order valence-electron chi connectivity index (χ2n) is 10.3. The van der Waals surface area contributed by atoms with Gasteiger partial charge in [-0.1, -0.05) is 146 Å². The van der Waals surface area contributed by atoms with Gasteiger partial charge in [0.1, 0.15) is 9.52 Å². The second kappa shape index (κ2) is 17.9. The smallest absolute Gasteiger partial charge is 1.00 e. The van der Waals surface area contributed by atoms with Crippen LogP contribution in [0.15, 0.2) is 140 Å². The normalized spacial score (nSPS) is 9.98. The van der Waals surface area contributed by atoms with Crippen molar-refractivity contribution in [1.29, 1.82) is 0 Å². The first-order valence-corrected chi connectivity index (χ1v) is 14.1. The van der Waals surface area contributed by atoms with Crippen LogP contribution in [0.3, 0.4) is 0 Å². The molecule has 0 aliphatic heterocycles. The van der Waals surface area contributed by atoms with Gasteiger partial charge in [-0.15, -0.1) is 39.7 Å². The first-order chi connectivity index (χ1) is 18.8. The predicted molar refractivity (Wildman–Crippen MR) is 169 cm³/mol. The molecule has 0 aliphatic rings. The molecule has 0 unspecified atom stereocenters. The molecule has 6 heteroatoms. The van der Waals surface area contributed by atoms with E-state index in [2.05, 4.69) is 136 Å². The summed E-state index contributed by atoms with van der Waals surface area (Å²) in [5.74, 6) is -0.619. The largest absolute Gasteiger partial charge is 4.00 e. The predicted octanol–water partition coefficient (Wildman–Crippen LogP) is 2.24. The third kappa shape index (κ3) is 10.7. The quantitative estimate of drug-likeness (QED) is 0.208. The van der Waals surface area contributed by atoms with Crippen molar-refractivity contribution in [3.8, 4) is 0 Å². The number of hydrogen-bond acceptors (Lipinski definition) is 1. The Labute approximate surface area is 283 Å². The van der Waals surface area contributed by atoms with E-state index in [1.807, 2.05) is 12.1 Å². The number of rotatable bonds is 3. The summed E-state index contributed by atoms with van der Waals surface area (Å²) < 4.78 is 0. The summed E-state index contributed by atoms with van der Waals surface area (Å²) in [6, 6.07) is 47.7. The van der Waals surface area contributed by atoms with Crippen LogP contribution in [-0.4, -0.2) is 15.4 Å². The summed E-state index contributed by atoms with van der Waals surface area (Å²) in [5.41, 5.74) is 8.57. The second-order valence-corrected chi connectivity index (χ2v) is 11.7. The van der Waals surface area contributed by atoms with Crippen molar-refractivity contribution in [1.82, 2.24) is 0 Å². The molecule has 0 spiro atoms. The molecule has 210 valence electrons. The van der Waals surface area contributed by atoms with Gasteiger partial charge in [0, 0.05) is 0 Å². The van der Waals surface area contributed by atoms with Crippen LogP contribution < -0.4 is 35.2 Å². The fourth-order valence-corrected chi connectivity index (χ4v) is 5.29. The van der Waals surface area contributed by atoms with Crippen molar-refractivity contribution >= 4 is 47.3 Å². The van der Waals surface area contributed by atoms with Gasteiger partial charge in [0.15, 0.2) is 0 Å². The Hall–Kier alpha value is -2.88. The van der Waals surface area contributed by atoms with Crippen molar-refractivity contribution in [3.63, 3.8) is 0 Å². The minimum atomic E-state index is -0.619. The van der Waals surface area contributed by atoms with E-state index >= 15 is 0 Å².